The van der Waals surface area contributed by atoms with Crippen molar-refractivity contribution >= 4 is 33.2 Å². The van der Waals surface area contributed by atoms with Crippen LogP contribution in [0, 0.1) is 5.82 Å². The van der Waals surface area contributed by atoms with E-state index in [2.05, 4.69) is 10.2 Å². The van der Waals surface area contributed by atoms with Crippen molar-refractivity contribution in [1.29, 1.82) is 0 Å². The first-order valence-corrected chi connectivity index (χ1v) is 13.1. The minimum absolute atomic E-state index is 0.000273. The van der Waals surface area contributed by atoms with Crippen molar-refractivity contribution in [3.05, 3.63) is 66.3 Å². The number of ether oxygens (including phenoxy) is 1. The first-order valence-electron chi connectivity index (χ1n) is 10.3. The molecule has 1 amide bonds. The van der Waals surface area contributed by atoms with Crippen LogP contribution in [0.5, 0.6) is 5.75 Å². The second-order valence-corrected chi connectivity index (χ2v) is 10.7. The number of hydrogen-bond donors (Lipinski definition) is 0. The molecule has 3 aromatic rings. The average Bonchev–Trinajstić information content (AvgIpc) is 3.41. The van der Waals surface area contributed by atoms with E-state index in [-0.39, 0.29) is 40.1 Å². The molecule has 0 saturated carbocycles. The summed E-state index contributed by atoms with van der Waals surface area (Å²) >= 11 is 1.07. The van der Waals surface area contributed by atoms with Crippen LogP contribution < -0.4 is 9.64 Å². The van der Waals surface area contributed by atoms with E-state index in [1.807, 2.05) is 6.07 Å². The molecular weight excluding hydrogens is 469 g/mol. The fourth-order valence-electron chi connectivity index (χ4n) is 3.53. The number of nitrogens with zero attached hydrogens (tertiary/aromatic N) is 3. The molecule has 11 heteroatoms. The predicted molar refractivity (Wildman–Crippen MR) is 121 cm³/mol. The number of carbonyl (C=O) groups excluding carboxylic acids is 1. The molecule has 0 N–H and O–H groups in total. The normalized spacial score (nSPS) is 18.1. The Labute approximate surface area is 195 Å². The summed E-state index contributed by atoms with van der Waals surface area (Å²) in [7, 11) is -3.16. The van der Waals surface area contributed by atoms with Crippen molar-refractivity contribution in [2.75, 3.05) is 22.2 Å². The molecule has 0 aliphatic carbocycles. The van der Waals surface area contributed by atoms with Crippen molar-refractivity contribution in [2.45, 2.75) is 30.7 Å². The Hall–Kier alpha value is -2.92. The van der Waals surface area contributed by atoms with E-state index >= 15 is 0 Å². The number of benzene rings is 2. The van der Waals surface area contributed by atoms with Gasteiger partial charge in [0.2, 0.25) is 5.91 Å². The fourth-order valence-corrected chi connectivity index (χ4v) is 5.86. The van der Waals surface area contributed by atoms with Crippen LogP contribution in [-0.4, -0.2) is 47.8 Å². The SMILES string of the molecule is C[C@@H](Oc1ccc(F)cc1)c1nnc(SCC(=O)N(c2ccccc2)[C@@H]2CCS(=O)(=O)C2)o1. The molecule has 0 unspecified atom stereocenters. The quantitative estimate of drug-likeness (QED) is 0.440. The lowest BCUT2D eigenvalue weighted by atomic mass is 10.2. The highest BCUT2D eigenvalue weighted by molar-refractivity contribution is 7.99. The van der Waals surface area contributed by atoms with Gasteiger partial charge in [-0.25, -0.2) is 12.8 Å². The Balaban J connectivity index is 1.40. The van der Waals surface area contributed by atoms with Crippen molar-refractivity contribution < 1.29 is 26.8 Å². The molecule has 4 rings (SSSR count). The van der Waals surface area contributed by atoms with E-state index in [0.717, 1.165) is 11.8 Å². The van der Waals surface area contributed by atoms with Gasteiger partial charge in [0.1, 0.15) is 11.6 Å². The molecule has 0 spiro atoms. The first kappa shape index (κ1) is 23.2. The zero-order valence-electron chi connectivity index (χ0n) is 17.8. The van der Waals surface area contributed by atoms with Gasteiger partial charge in [0.25, 0.3) is 11.1 Å². The number of aromatic nitrogens is 2. The lowest BCUT2D eigenvalue weighted by molar-refractivity contribution is -0.116. The van der Waals surface area contributed by atoms with Gasteiger partial charge in [-0.1, -0.05) is 30.0 Å². The zero-order valence-corrected chi connectivity index (χ0v) is 19.4. The molecule has 33 heavy (non-hydrogen) atoms. The number of halogens is 1. The van der Waals surface area contributed by atoms with Gasteiger partial charge in [0, 0.05) is 5.69 Å². The molecule has 1 fully saturated rings. The van der Waals surface area contributed by atoms with Crippen LogP contribution in [0.4, 0.5) is 10.1 Å². The van der Waals surface area contributed by atoms with Gasteiger partial charge >= 0.3 is 0 Å². The predicted octanol–water partition coefficient (Wildman–Crippen LogP) is 3.66. The van der Waals surface area contributed by atoms with E-state index in [9.17, 15) is 17.6 Å². The lowest BCUT2D eigenvalue weighted by Crippen LogP contribution is -2.42. The Morgan fingerprint density at radius 1 is 1.21 bits per heavy atom. The van der Waals surface area contributed by atoms with Crippen molar-refractivity contribution in [2.24, 2.45) is 0 Å². The maximum absolute atomic E-state index is 13.1. The molecule has 1 saturated heterocycles. The van der Waals surface area contributed by atoms with Crippen molar-refractivity contribution in [3.8, 4) is 5.75 Å². The van der Waals surface area contributed by atoms with Gasteiger partial charge in [0.15, 0.2) is 15.9 Å². The molecule has 1 aromatic heterocycles. The number of anilines is 1. The number of sulfone groups is 1. The molecule has 0 radical (unpaired) electrons. The number of carbonyl (C=O) groups is 1. The second-order valence-electron chi connectivity index (χ2n) is 7.57. The zero-order chi connectivity index (χ0) is 23.4. The van der Waals surface area contributed by atoms with E-state index < -0.39 is 22.0 Å². The summed E-state index contributed by atoms with van der Waals surface area (Å²) in [5.74, 6) is 0.0779. The van der Waals surface area contributed by atoms with Gasteiger partial charge in [-0.15, -0.1) is 10.2 Å². The van der Waals surface area contributed by atoms with Gasteiger partial charge in [-0.2, -0.15) is 0 Å². The average molecular weight is 492 g/mol. The highest BCUT2D eigenvalue weighted by Crippen LogP contribution is 2.28. The third-order valence-corrected chi connectivity index (χ3v) is 7.65. The standard InChI is InChI=1S/C22H22FN3O5S2/c1-15(30-19-9-7-16(23)8-10-19)21-24-25-22(31-21)32-13-20(27)26(17-5-3-2-4-6-17)18-11-12-33(28,29)14-18/h2-10,15,18H,11-14H2,1H3/t15-,18-/m1/s1. The van der Waals surface area contributed by atoms with Crippen LogP contribution >= 0.6 is 11.8 Å². The number of rotatable bonds is 8. The highest BCUT2D eigenvalue weighted by atomic mass is 32.2. The van der Waals surface area contributed by atoms with Crippen molar-refractivity contribution in [3.63, 3.8) is 0 Å². The number of amides is 1. The number of hydrogen-bond acceptors (Lipinski definition) is 8. The molecule has 1 aliphatic heterocycles. The Kier molecular flexibility index (Phi) is 6.99. The Bertz CT molecular complexity index is 1200. The second kappa shape index (κ2) is 9.92. The summed E-state index contributed by atoms with van der Waals surface area (Å²) in [5.41, 5.74) is 0.651. The highest BCUT2D eigenvalue weighted by Gasteiger charge is 2.35. The Morgan fingerprint density at radius 3 is 2.61 bits per heavy atom. The molecule has 174 valence electrons. The van der Waals surface area contributed by atoms with Crippen LogP contribution in [0.15, 0.2) is 64.2 Å². The summed E-state index contributed by atoms with van der Waals surface area (Å²) in [6, 6.07) is 14.2. The topological polar surface area (TPSA) is 103 Å². The fraction of sp³-hybridized carbons (Fsp3) is 0.318. The van der Waals surface area contributed by atoms with Gasteiger partial charge in [0.05, 0.1) is 23.3 Å². The van der Waals surface area contributed by atoms with Crippen molar-refractivity contribution in [1.82, 2.24) is 10.2 Å². The van der Waals surface area contributed by atoms with Gasteiger partial charge in [-0.3, -0.25) is 4.79 Å². The van der Waals surface area contributed by atoms with Crippen LogP contribution in [0.3, 0.4) is 0 Å². The minimum atomic E-state index is -3.16. The maximum atomic E-state index is 13.1. The minimum Gasteiger partial charge on any atom is -0.481 e. The molecule has 8 nitrogen and oxygen atoms in total. The van der Waals surface area contributed by atoms with Crippen LogP contribution in [0.2, 0.25) is 0 Å². The molecule has 2 heterocycles. The summed E-state index contributed by atoms with van der Waals surface area (Å²) in [6.07, 6.45) is -0.172. The van der Waals surface area contributed by atoms with E-state index in [1.54, 1.807) is 36.1 Å². The molecule has 2 atom stereocenters. The van der Waals surface area contributed by atoms with Crippen LogP contribution in [0.25, 0.3) is 0 Å². The van der Waals surface area contributed by atoms with Crippen LogP contribution in [0.1, 0.15) is 25.3 Å². The lowest BCUT2D eigenvalue weighted by Gasteiger charge is -2.28. The molecule has 0 bridgehead atoms. The summed E-state index contributed by atoms with van der Waals surface area (Å²) in [4.78, 5) is 14.6. The number of para-hydroxylation sites is 1. The molecule has 1 aliphatic rings. The largest absolute Gasteiger partial charge is 0.481 e. The molecular formula is C22H22FN3O5S2. The third kappa shape index (κ3) is 5.91. The van der Waals surface area contributed by atoms with E-state index in [1.165, 1.54) is 24.3 Å². The number of thioether (sulfide) groups is 1. The smallest absolute Gasteiger partial charge is 0.277 e. The summed E-state index contributed by atoms with van der Waals surface area (Å²) in [5, 5.41) is 8.12. The van der Waals surface area contributed by atoms with E-state index in [4.69, 9.17) is 9.15 Å². The van der Waals surface area contributed by atoms with E-state index in [0.29, 0.717) is 17.9 Å². The van der Waals surface area contributed by atoms with Gasteiger partial charge < -0.3 is 14.1 Å². The molecule has 2 aromatic carbocycles. The van der Waals surface area contributed by atoms with Gasteiger partial charge in [-0.05, 0) is 49.7 Å². The monoisotopic (exact) mass is 491 g/mol. The summed E-state index contributed by atoms with van der Waals surface area (Å²) < 4.78 is 48.3. The third-order valence-electron chi connectivity index (χ3n) is 5.09. The van der Waals surface area contributed by atoms with Crippen LogP contribution in [-0.2, 0) is 14.6 Å². The summed E-state index contributed by atoms with van der Waals surface area (Å²) in [6.45, 7) is 1.72. The first-order chi connectivity index (χ1) is 15.8. The maximum Gasteiger partial charge on any atom is 0.277 e. The Morgan fingerprint density at radius 2 is 1.94 bits per heavy atom.